The first-order valence-electron chi connectivity index (χ1n) is 6.92. The lowest BCUT2D eigenvalue weighted by Gasteiger charge is -2.11. The fraction of sp³-hybridized carbons (Fsp3) is 0.467. The molecule has 0 saturated heterocycles. The van der Waals surface area contributed by atoms with Gasteiger partial charge in [0.25, 0.3) is 0 Å². The highest BCUT2D eigenvalue weighted by molar-refractivity contribution is 8.00. The molecule has 1 amide bonds. The standard InChI is InChI=1S/C15H21NO4S/c1-3-11(15(18)19)9-16-14(17)10-21-13-7-5-12(6-8-13)20-4-2/h5-8,11H,3-4,9-10H2,1-2H3,(H,16,17)(H,18,19). The van der Waals surface area contributed by atoms with Crippen LogP contribution in [0, 0.1) is 5.92 Å². The average Bonchev–Trinajstić information content (AvgIpc) is 2.47. The summed E-state index contributed by atoms with van der Waals surface area (Å²) in [6.45, 7) is 4.51. The van der Waals surface area contributed by atoms with Crippen LogP contribution in [-0.4, -0.2) is 35.9 Å². The molecule has 1 unspecified atom stereocenters. The lowest BCUT2D eigenvalue weighted by Crippen LogP contribution is -2.33. The third kappa shape index (κ3) is 6.53. The number of carboxylic acids is 1. The largest absolute Gasteiger partial charge is 0.494 e. The predicted octanol–water partition coefficient (Wildman–Crippen LogP) is 2.40. The SMILES string of the molecule is CCOc1ccc(SCC(=O)NCC(CC)C(=O)O)cc1. The molecule has 6 heteroatoms. The van der Waals surface area contributed by atoms with E-state index in [2.05, 4.69) is 5.32 Å². The van der Waals surface area contributed by atoms with E-state index in [0.29, 0.717) is 13.0 Å². The Labute approximate surface area is 129 Å². The third-order valence-corrected chi connectivity index (χ3v) is 3.90. The highest BCUT2D eigenvalue weighted by atomic mass is 32.2. The van der Waals surface area contributed by atoms with E-state index >= 15 is 0 Å². The molecule has 1 atom stereocenters. The van der Waals surface area contributed by atoms with E-state index in [-0.39, 0.29) is 18.2 Å². The number of ether oxygens (including phenoxy) is 1. The van der Waals surface area contributed by atoms with Gasteiger partial charge in [-0.05, 0) is 37.6 Å². The molecule has 0 aliphatic heterocycles. The number of rotatable bonds is 9. The van der Waals surface area contributed by atoms with Crippen molar-refractivity contribution >= 4 is 23.6 Å². The number of carbonyl (C=O) groups is 2. The van der Waals surface area contributed by atoms with E-state index in [9.17, 15) is 9.59 Å². The molecule has 0 fully saturated rings. The molecule has 5 nitrogen and oxygen atoms in total. The number of carboxylic acid groups (broad SMARTS) is 1. The third-order valence-electron chi connectivity index (χ3n) is 2.89. The first-order valence-corrected chi connectivity index (χ1v) is 7.90. The Bertz CT molecular complexity index is 461. The Balaban J connectivity index is 2.34. The van der Waals surface area contributed by atoms with Crippen molar-refractivity contribution in [1.82, 2.24) is 5.32 Å². The maximum atomic E-state index is 11.7. The number of nitrogens with one attached hydrogen (secondary N) is 1. The van der Waals surface area contributed by atoms with Gasteiger partial charge in [-0.15, -0.1) is 11.8 Å². The second-order valence-corrected chi connectivity index (χ2v) is 5.49. The average molecular weight is 311 g/mol. The number of hydrogen-bond acceptors (Lipinski definition) is 4. The van der Waals surface area contributed by atoms with E-state index in [0.717, 1.165) is 10.6 Å². The molecule has 1 aromatic carbocycles. The molecule has 0 spiro atoms. The van der Waals surface area contributed by atoms with Crippen LogP contribution < -0.4 is 10.1 Å². The minimum atomic E-state index is -0.878. The summed E-state index contributed by atoms with van der Waals surface area (Å²) in [6, 6.07) is 7.52. The van der Waals surface area contributed by atoms with Crippen molar-refractivity contribution < 1.29 is 19.4 Å². The lowest BCUT2D eigenvalue weighted by molar-refractivity contribution is -0.141. The molecule has 0 aliphatic rings. The van der Waals surface area contributed by atoms with E-state index < -0.39 is 11.9 Å². The van der Waals surface area contributed by atoms with E-state index in [1.165, 1.54) is 11.8 Å². The molecule has 0 heterocycles. The van der Waals surface area contributed by atoms with Crippen LogP contribution >= 0.6 is 11.8 Å². The number of hydrogen-bond donors (Lipinski definition) is 2. The molecule has 0 bridgehead atoms. The van der Waals surface area contributed by atoms with Crippen molar-refractivity contribution in [3.05, 3.63) is 24.3 Å². The Morgan fingerprint density at radius 3 is 2.48 bits per heavy atom. The van der Waals surface area contributed by atoms with Gasteiger partial charge in [0, 0.05) is 11.4 Å². The molecular formula is C15H21NO4S. The molecular weight excluding hydrogens is 290 g/mol. The van der Waals surface area contributed by atoms with Crippen molar-refractivity contribution in [3.8, 4) is 5.75 Å². The molecule has 116 valence electrons. The zero-order valence-electron chi connectivity index (χ0n) is 12.3. The van der Waals surface area contributed by atoms with Crippen molar-refractivity contribution in [2.75, 3.05) is 18.9 Å². The summed E-state index contributed by atoms with van der Waals surface area (Å²) in [5, 5.41) is 11.5. The Kier molecular flexibility index (Phi) is 7.68. The number of thioether (sulfide) groups is 1. The van der Waals surface area contributed by atoms with Gasteiger partial charge in [0.05, 0.1) is 18.3 Å². The number of amides is 1. The maximum absolute atomic E-state index is 11.7. The fourth-order valence-corrected chi connectivity index (χ4v) is 2.37. The quantitative estimate of drug-likeness (QED) is 0.685. The van der Waals surface area contributed by atoms with E-state index in [1.807, 2.05) is 31.2 Å². The van der Waals surface area contributed by atoms with Crippen LogP contribution in [0.3, 0.4) is 0 Å². The number of carbonyl (C=O) groups excluding carboxylic acids is 1. The van der Waals surface area contributed by atoms with Crippen LogP contribution in [0.5, 0.6) is 5.75 Å². The van der Waals surface area contributed by atoms with Gasteiger partial charge < -0.3 is 15.2 Å². The molecule has 0 saturated carbocycles. The Morgan fingerprint density at radius 2 is 1.95 bits per heavy atom. The molecule has 0 aliphatic carbocycles. The number of benzene rings is 1. The van der Waals surface area contributed by atoms with E-state index in [1.54, 1.807) is 6.92 Å². The van der Waals surface area contributed by atoms with Crippen molar-refractivity contribution in [2.24, 2.45) is 5.92 Å². The summed E-state index contributed by atoms with van der Waals surface area (Å²) in [6.07, 6.45) is 0.502. The second-order valence-electron chi connectivity index (χ2n) is 4.44. The molecule has 2 N–H and O–H groups in total. The summed E-state index contributed by atoms with van der Waals surface area (Å²) < 4.78 is 5.34. The van der Waals surface area contributed by atoms with Gasteiger partial charge in [0.1, 0.15) is 5.75 Å². The maximum Gasteiger partial charge on any atom is 0.308 e. The first-order chi connectivity index (χ1) is 10.1. The van der Waals surface area contributed by atoms with Crippen LogP contribution in [0.4, 0.5) is 0 Å². The zero-order chi connectivity index (χ0) is 15.7. The van der Waals surface area contributed by atoms with Crippen molar-refractivity contribution in [1.29, 1.82) is 0 Å². The van der Waals surface area contributed by atoms with Gasteiger partial charge in [-0.25, -0.2) is 0 Å². The normalized spacial score (nSPS) is 11.7. The van der Waals surface area contributed by atoms with Crippen LogP contribution in [0.25, 0.3) is 0 Å². The summed E-state index contributed by atoms with van der Waals surface area (Å²) >= 11 is 1.41. The Morgan fingerprint density at radius 1 is 1.29 bits per heavy atom. The minimum Gasteiger partial charge on any atom is -0.494 e. The van der Waals surface area contributed by atoms with Gasteiger partial charge in [-0.3, -0.25) is 9.59 Å². The monoisotopic (exact) mass is 311 g/mol. The minimum absolute atomic E-state index is 0.159. The lowest BCUT2D eigenvalue weighted by atomic mass is 10.1. The van der Waals surface area contributed by atoms with Gasteiger partial charge in [-0.2, -0.15) is 0 Å². The van der Waals surface area contributed by atoms with Crippen molar-refractivity contribution in [2.45, 2.75) is 25.2 Å². The second kappa shape index (κ2) is 9.28. The van der Waals surface area contributed by atoms with Crippen molar-refractivity contribution in [3.63, 3.8) is 0 Å². The smallest absolute Gasteiger partial charge is 0.308 e. The van der Waals surface area contributed by atoms with E-state index in [4.69, 9.17) is 9.84 Å². The molecule has 1 aromatic rings. The molecule has 0 radical (unpaired) electrons. The summed E-state index contributed by atoms with van der Waals surface area (Å²) in [5.41, 5.74) is 0. The van der Waals surface area contributed by atoms with Gasteiger partial charge in [0.15, 0.2) is 0 Å². The zero-order valence-corrected chi connectivity index (χ0v) is 13.1. The Hall–Kier alpha value is -1.69. The molecule has 0 aromatic heterocycles. The van der Waals surface area contributed by atoms with Gasteiger partial charge in [-0.1, -0.05) is 6.92 Å². The first kappa shape index (κ1) is 17.4. The topological polar surface area (TPSA) is 75.6 Å². The van der Waals surface area contributed by atoms with Gasteiger partial charge in [0.2, 0.25) is 5.91 Å². The molecule has 1 rings (SSSR count). The van der Waals surface area contributed by atoms with Crippen LogP contribution in [0.15, 0.2) is 29.2 Å². The van der Waals surface area contributed by atoms with Crippen LogP contribution in [-0.2, 0) is 9.59 Å². The van der Waals surface area contributed by atoms with Crippen LogP contribution in [0.2, 0.25) is 0 Å². The molecule has 21 heavy (non-hydrogen) atoms. The highest BCUT2D eigenvalue weighted by Gasteiger charge is 2.15. The van der Waals surface area contributed by atoms with Crippen LogP contribution in [0.1, 0.15) is 20.3 Å². The number of aliphatic carboxylic acids is 1. The summed E-state index contributed by atoms with van der Waals surface area (Å²) in [5.74, 6) is -0.488. The predicted molar refractivity (Wildman–Crippen MR) is 82.8 cm³/mol. The highest BCUT2D eigenvalue weighted by Crippen LogP contribution is 2.21. The summed E-state index contributed by atoms with van der Waals surface area (Å²) in [4.78, 5) is 23.5. The van der Waals surface area contributed by atoms with Gasteiger partial charge >= 0.3 is 5.97 Å². The fourth-order valence-electron chi connectivity index (χ4n) is 1.64. The summed E-state index contributed by atoms with van der Waals surface area (Å²) in [7, 11) is 0.